The van der Waals surface area contributed by atoms with E-state index in [9.17, 15) is 4.79 Å². The maximum Gasteiger partial charge on any atom is 0.246 e. The summed E-state index contributed by atoms with van der Waals surface area (Å²) < 4.78 is 0. The van der Waals surface area contributed by atoms with E-state index in [-0.39, 0.29) is 5.91 Å². The number of carbonyl (C=O) groups is 1. The first-order valence-corrected chi connectivity index (χ1v) is 13.0. The van der Waals surface area contributed by atoms with Crippen molar-refractivity contribution in [3.05, 3.63) is 64.5 Å². The van der Waals surface area contributed by atoms with Crippen molar-refractivity contribution in [2.45, 2.75) is 38.0 Å². The van der Waals surface area contributed by atoms with Gasteiger partial charge in [0.2, 0.25) is 5.91 Å². The second-order valence-corrected chi connectivity index (χ2v) is 10.1. The molecule has 2 saturated heterocycles. The highest BCUT2D eigenvalue weighted by Crippen LogP contribution is 2.33. The molecule has 2 aliphatic rings. The van der Waals surface area contributed by atoms with Crippen LogP contribution in [0.2, 0.25) is 0 Å². The number of hydrogen-bond donors (Lipinski definition) is 1. The Hall–Kier alpha value is -2.37. The molecular weight excluding hydrogens is 414 g/mol. The first-order chi connectivity index (χ1) is 15.8. The van der Waals surface area contributed by atoms with Crippen molar-refractivity contribution in [1.82, 2.24) is 14.8 Å². The van der Waals surface area contributed by atoms with Crippen molar-refractivity contribution in [3.63, 3.8) is 0 Å². The smallest absolute Gasteiger partial charge is 0.246 e. The highest BCUT2D eigenvalue weighted by atomic mass is 32.1. The molecule has 2 fully saturated rings. The van der Waals surface area contributed by atoms with Crippen LogP contribution in [0.25, 0.3) is 17.0 Å². The summed E-state index contributed by atoms with van der Waals surface area (Å²) in [5.41, 5.74) is 3.88. The molecule has 4 heterocycles. The van der Waals surface area contributed by atoms with E-state index in [1.807, 2.05) is 22.4 Å². The summed E-state index contributed by atoms with van der Waals surface area (Å²) in [7, 11) is 0. The molecule has 2 aromatic heterocycles. The lowest BCUT2D eigenvalue weighted by atomic mass is 9.88. The first kappa shape index (κ1) is 21.5. The van der Waals surface area contributed by atoms with E-state index in [4.69, 9.17) is 0 Å². The van der Waals surface area contributed by atoms with Gasteiger partial charge in [0.05, 0.1) is 0 Å². The third-order valence-corrected chi connectivity index (χ3v) is 8.09. The van der Waals surface area contributed by atoms with Crippen LogP contribution in [-0.2, 0) is 4.79 Å². The largest absolute Gasteiger partial charge is 0.361 e. The molecular formula is C27H33N3OS. The minimum Gasteiger partial charge on any atom is -0.361 e. The maximum absolute atomic E-state index is 12.4. The van der Waals surface area contributed by atoms with E-state index >= 15 is 0 Å². The molecule has 0 spiro atoms. The number of likely N-dealkylation sites (tertiary alicyclic amines) is 2. The monoisotopic (exact) mass is 447 g/mol. The van der Waals surface area contributed by atoms with Crippen molar-refractivity contribution in [3.8, 4) is 0 Å². The van der Waals surface area contributed by atoms with Crippen LogP contribution in [0.3, 0.4) is 0 Å². The van der Waals surface area contributed by atoms with Crippen molar-refractivity contribution in [2.75, 3.05) is 32.7 Å². The van der Waals surface area contributed by atoms with Crippen molar-refractivity contribution in [2.24, 2.45) is 5.92 Å². The van der Waals surface area contributed by atoms with Crippen LogP contribution in [0.4, 0.5) is 0 Å². The van der Waals surface area contributed by atoms with E-state index in [2.05, 4.69) is 45.7 Å². The van der Waals surface area contributed by atoms with Crippen molar-refractivity contribution >= 4 is 34.2 Å². The number of amides is 1. The van der Waals surface area contributed by atoms with Gasteiger partial charge in [-0.25, -0.2) is 0 Å². The van der Waals surface area contributed by atoms with E-state index in [1.54, 1.807) is 17.4 Å². The van der Waals surface area contributed by atoms with Crippen LogP contribution in [0.1, 0.15) is 49.1 Å². The van der Waals surface area contributed by atoms with E-state index in [1.165, 1.54) is 55.4 Å². The first-order valence-electron chi connectivity index (χ1n) is 12.0. The number of benzene rings is 1. The SMILES string of the molecule is O=C(/C=C/c1ccsc1)N1CCC(CCN2CCC(c3c[nH]c4ccccc34)CC2)CC1. The Morgan fingerprint density at radius 3 is 2.66 bits per heavy atom. The lowest BCUT2D eigenvalue weighted by molar-refractivity contribution is -0.127. The summed E-state index contributed by atoms with van der Waals surface area (Å²) >= 11 is 1.66. The average Bonchev–Trinajstić information content (AvgIpc) is 3.52. The van der Waals surface area contributed by atoms with E-state index in [0.717, 1.165) is 37.4 Å². The number of aromatic amines is 1. The highest BCUT2D eigenvalue weighted by molar-refractivity contribution is 7.08. The number of hydrogen-bond acceptors (Lipinski definition) is 3. The van der Waals surface area contributed by atoms with Crippen LogP contribution in [0, 0.1) is 5.92 Å². The number of thiophene rings is 1. The molecule has 0 bridgehead atoms. The molecule has 3 aromatic rings. The van der Waals surface area contributed by atoms with Crippen LogP contribution in [0.5, 0.6) is 0 Å². The molecule has 32 heavy (non-hydrogen) atoms. The quantitative estimate of drug-likeness (QED) is 0.489. The lowest BCUT2D eigenvalue weighted by Crippen LogP contribution is -2.39. The highest BCUT2D eigenvalue weighted by Gasteiger charge is 2.25. The standard InChI is InChI=1S/C27H33N3OS/c31-27(6-5-22-12-18-32-20-22)30-16-8-21(9-17-30)7-13-29-14-10-23(11-15-29)25-19-28-26-4-2-1-3-24(25)26/h1-6,12,18-21,23,28H,7-11,13-17H2/b6-5+. The Morgan fingerprint density at radius 1 is 1.06 bits per heavy atom. The zero-order chi connectivity index (χ0) is 21.8. The number of H-pyrrole nitrogens is 1. The molecule has 0 unspecified atom stereocenters. The van der Waals surface area contributed by atoms with Crippen LogP contribution >= 0.6 is 11.3 Å². The Kier molecular flexibility index (Phi) is 6.75. The summed E-state index contributed by atoms with van der Waals surface area (Å²) in [6, 6.07) is 10.7. The molecule has 1 amide bonds. The van der Waals surface area contributed by atoms with Crippen molar-refractivity contribution in [1.29, 1.82) is 0 Å². The number of para-hydroxylation sites is 1. The molecule has 0 saturated carbocycles. The molecule has 1 aromatic carbocycles. The second-order valence-electron chi connectivity index (χ2n) is 9.35. The Labute approximate surface area is 194 Å². The van der Waals surface area contributed by atoms with Crippen LogP contribution in [-0.4, -0.2) is 53.4 Å². The fraction of sp³-hybridized carbons (Fsp3) is 0.444. The average molecular weight is 448 g/mol. The van der Waals surface area contributed by atoms with E-state index < -0.39 is 0 Å². The normalized spacial score (nSPS) is 19.3. The molecule has 5 rings (SSSR count). The van der Waals surface area contributed by atoms with Gasteiger partial charge in [-0.05, 0) is 104 Å². The van der Waals surface area contributed by atoms with Gasteiger partial charge in [0.25, 0.3) is 0 Å². The van der Waals surface area contributed by atoms with E-state index in [0.29, 0.717) is 5.92 Å². The van der Waals surface area contributed by atoms with Crippen LogP contribution < -0.4 is 0 Å². The Bertz CT molecular complexity index is 1040. The fourth-order valence-electron chi connectivity index (χ4n) is 5.35. The zero-order valence-corrected chi connectivity index (χ0v) is 19.5. The Morgan fingerprint density at radius 2 is 1.88 bits per heavy atom. The van der Waals surface area contributed by atoms with Gasteiger partial charge in [-0.15, -0.1) is 0 Å². The van der Waals surface area contributed by atoms with Gasteiger partial charge in [0.15, 0.2) is 0 Å². The van der Waals surface area contributed by atoms with Gasteiger partial charge in [-0.2, -0.15) is 11.3 Å². The maximum atomic E-state index is 12.4. The summed E-state index contributed by atoms with van der Waals surface area (Å²) in [5, 5.41) is 5.51. The number of nitrogens with one attached hydrogen (secondary N) is 1. The minimum absolute atomic E-state index is 0.161. The number of carbonyl (C=O) groups excluding carboxylic acids is 1. The fourth-order valence-corrected chi connectivity index (χ4v) is 5.98. The minimum atomic E-state index is 0.161. The number of nitrogens with zero attached hydrogens (tertiary/aromatic N) is 2. The number of rotatable bonds is 6. The summed E-state index contributed by atoms with van der Waals surface area (Å²) in [6.45, 7) is 5.42. The third-order valence-electron chi connectivity index (χ3n) is 7.39. The van der Waals surface area contributed by atoms with Gasteiger partial charge < -0.3 is 14.8 Å². The molecule has 0 aliphatic carbocycles. The summed E-state index contributed by atoms with van der Waals surface area (Å²) in [6.07, 6.45) is 12.0. The topological polar surface area (TPSA) is 39.3 Å². The third kappa shape index (κ3) is 5.00. The lowest BCUT2D eigenvalue weighted by Gasteiger charge is -2.35. The molecule has 1 N–H and O–H groups in total. The predicted molar refractivity (Wildman–Crippen MR) is 134 cm³/mol. The predicted octanol–water partition coefficient (Wildman–Crippen LogP) is 5.75. The molecule has 5 heteroatoms. The molecule has 2 aliphatic heterocycles. The number of fused-ring (bicyclic) bond motifs is 1. The summed E-state index contributed by atoms with van der Waals surface area (Å²) in [5.74, 6) is 1.60. The molecule has 0 atom stereocenters. The van der Waals surface area contributed by atoms with Gasteiger partial charge in [0, 0.05) is 36.3 Å². The van der Waals surface area contributed by atoms with Gasteiger partial charge in [-0.3, -0.25) is 4.79 Å². The molecule has 168 valence electrons. The Balaban J connectivity index is 1.03. The summed E-state index contributed by atoms with van der Waals surface area (Å²) in [4.78, 5) is 20.6. The second kappa shape index (κ2) is 10.1. The molecule has 0 radical (unpaired) electrons. The van der Waals surface area contributed by atoms with Crippen LogP contribution in [0.15, 0.2) is 53.4 Å². The van der Waals surface area contributed by atoms with Gasteiger partial charge in [-0.1, -0.05) is 18.2 Å². The van der Waals surface area contributed by atoms with Gasteiger partial charge in [0.1, 0.15) is 0 Å². The molecule has 4 nitrogen and oxygen atoms in total. The zero-order valence-electron chi connectivity index (χ0n) is 18.7. The van der Waals surface area contributed by atoms with Gasteiger partial charge >= 0.3 is 0 Å². The number of aromatic nitrogens is 1. The van der Waals surface area contributed by atoms with Crippen molar-refractivity contribution < 1.29 is 4.79 Å². The number of piperidine rings is 2.